The van der Waals surface area contributed by atoms with Crippen LogP contribution in [-0.2, 0) is 6.54 Å². The fraction of sp³-hybridized carbons (Fsp3) is 0.182. The molecule has 2 aromatic rings. The number of aromatic nitrogens is 3. The van der Waals surface area contributed by atoms with Gasteiger partial charge in [0, 0.05) is 19.3 Å². The zero-order chi connectivity index (χ0) is 12.3. The van der Waals surface area contributed by atoms with E-state index in [1.807, 2.05) is 30.1 Å². The molecule has 2 aromatic heterocycles. The van der Waals surface area contributed by atoms with Crippen LogP contribution in [0, 0.1) is 0 Å². The van der Waals surface area contributed by atoms with Gasteiger partial charge in [0.05, 0.1) is 12.2 Å². The van der Waals surface area contributed by atoms with E-state index in [1.165, 1.54) is 0 Å². The highest BCUT2D eigenvalue weighted by Gasteiger charge is 2.06. The molecular weight excluding hydrogens is 216 g/mol. The molecule has 0 atom stereocenters. The Morgan fingerprint density at radius 1 is 1.24 bits per heavy atom. The number of hydrogen-bond donors (Lipinski definition) is 2. The first-order chi connectivity index (χ1) is 8.15. The number of anilines is 3. The van der Waals surface area contributed by atoms with Crippen LogP contribution in [-0.4, -0.2) is 22.0 Å². The number of nitrogens with zero attached hydrogens (tertiary/aromatic N) is 4. The zero-order valence-corrected chi connectivity index (χ0v) is 9.54. The third-order valence-electron chi connectivity index (χ3n) is 2.27. The topological polar surface area (TPSA) is 94.0 Å². The summed E-state index contributed by atoms with van der Waals surface area (Å²) in [4.78, 5) is 14.1. The number of rotatable bonds is 3. The normalized spacial score (nSPS) is 10.2. The van der Waals surface area contributed by atoms with Crippen molar-refractivity contribution in [3.05, 3.63) is 36.2 Å². The van der Waals surface area contributed by atoms with Crippen LogP contribution in [0.25, 0.3) is 0 Å². The first kappa shape index (κ1) is 11.1. The third-order valence-corrected chi connectivity index (χ3v) is 2.27. The molecule has 0 unspecified atom stereocenters. The molecule has 0 aliphatic carbocycles. The summed E-state index contributed by atoms with van der Waals surface area (Å²) < 4.78 is 0. The van der Waals surface area contributed by atoms with Crippen molar-refractivity contribution in [3.8, 4) is 0 Å². The van der Waals surface area contributed by atoms with Crippen LogP contribution < -0.4 is 16.4 Å². The van der Waals surface area contributed by atoms with Crippen LogP contribution in [0.3, 0.4) is 0 Å². The summed E-state index contributed by atoms with van der Waals surface area (Å²) in [7, 11) is 1.90. The van der Waals surface area contributed by atoms with E-state index in [4.69, 9.17) is 11.5 Å². The predicted molar refractivity (Wildman–Crippen MR) is 67.2 cm³/mol. The maximum Gasteiger partial charge on any atom is 0.223 e. The van der Waals surface area contributed by atoms with E-state index in [-0.39, 0.29) is 5.95 Å². The molecule has 88 valence electrons. The lowest BCUT2D eigenvalue weighted by atomic mass is 10.3. The Morgan fingerprint density at radius 2 is 2.06 bits per heavy atom. The van der Waals surface area contributed by atoms with Gasteiger partial charge in [-0.2, -0.15) is 9.97 Å². The maximum absolute atomic E-state index is 5.62. The Labute approximate surface area is 99.3 Å². The van der Waals surface area contributed by atoms with Crippen molar-refractivity contribution in [2.24, 2.45) is 0 Å². The zero-order valence-electron chi connectivity index (χ0n) is 9.54. The molecule has 17 heavy (non-hydrogen) atoms. The Kier molecular flexibility index (Phi) is 3.04. The highest BCUT2D eigenvalue weighted by molar-refractivity contribution is 5.49. The third kappa shape index (κ3) is 2.81. The van der Waals surface area contributed by atoms with E-state index >= 15 is 0 Å². The van der Waals surface area contributed by atoms with E-state index < -0.39 is 0 Å². The monoisotopic (exact) mass is 230 g/mol. The molecule has 6 heteroatoms. The van der Waals surface area contributed by atoms with Gasteiger partial charge in [-0.25, -0.2) is 0 Å². The quantitative estimate of drug-likeness (QED) is 0.805. The van der Waals surface area contributed by atoms with Gasteiger partial charge in [0.1, 0.15) is 11.6 Å². The SMILES string of the molecule is CN(Cc1ccccn1)c1cc(N)nc(N)n1. The predicted octanol–water partition coefficient (Wildman–Crippen LogP) is 0.672. The minimum atomic E-state index is 0.174. The van der Waals surface area contributed by atoms with Crippen LogP contribution in [0.1, 0.15) is 5.69 Å². The summed E-state index contributed by atoms with van der Waals surface area (Å²) in [5.74, 6) is 1.22. The molecule has 0 spiro atoms. The molecule has 0 amide bonds. The summed E-state index contributed by atoms with van der Waals surface area (Å²) in [6, 6.07) is 7.45. The van der Waals surface area contributed by atoms with E-state index in [2.05, 4.69) is 15.0 Å². The molecule has 0 radical (unpaired) electrons. The number of nitrogens with two attached hydrogens (primary N) is 2. The van der Waals surface area contributed by atoms with Crippen LogP contribution in [0.15, 0.2) is 30.5 Å². The molecule has 0 aromatic carbocycles. The van der Waals surface area contributed by atoms with Crippen molar-refractivity contribution < 1.29 is 0 Å². The van der Waals surface area contributed by atoms with Crippen molar-refractivity contribution in [3.63, 3.8) is 0 Å². The molecule has 0 bridgehead atoms. The van der Waals surface area contributed by atoms with E-state index in [0.29, 0.717) is 18.2 Å². The van der Waals surface area contributed by atoms with Crippen molar-refractivity contribution >= 4 is 17.6 Å². The van der Waals surface area contributed by atoms with Gasteiger partial charge in [-0.1, -0.05) is 6.07 Å². The molecule has 0 aliphatic rings. The second-order valence-corrected chi connectivity index (χ2v) is 3.69. The molecule has 0 aliphatic heterocycles. The first-order valence-corrected chi connectivity index (χ1v) is 5.16. The number of pyridine rings is 1. The van der Waals surface area contributed by atoms with Gasteiger partial charge in [-0.05, 0) is 12.1 Å². The lowest BCUT2D eigenvalue weighted by molar-refractivity contribution is 0.864. The van der Waals surface area contributed by atoms with Crippen LogP contribution in [0.2, 0.25) is 0 Å². The molecule has 0 fully saturated rings. The van der Waals surface area contributed by atoms with Crippen LogP contribution >= 0.6 is 0 Å². The van der Waals surface area contributed by atoms with Gasteiger partial charge in [0.2, 0.25) is 5.95 Å². The van der Waals surface area contributed by atoms with Gasteiger partial charge >= 0.3 is 0 Å². The second-order valence-electron chi connectivity index (χ2n) is 3.69. The van der Waals surface area contributed by atoms with Crippen molar-refractivity contribution in [2.45, 2.75) is 6.54 Å². The Bertz CT molecular complexity index is 478. The van der Waals surface area contributed by atoms with Gasteiger partial charge in [-0.3, -0.25) is 4.98 Å². The fourth-order valence-electron chi connectivity index (χ4n) is 1.48. The average molecular weight is 230 g/mol. The van der Waals surface area contributed by atoms with Crippen molar-refractivity contribution in [1.82, 2.24) is 15.0 Å². The first-order valence-electron chi connectivity index (χ1n) is 5.16. The summed E-state index contributed by atoms with van der Waals surface area (Å²) >= 11 is 0. The fourth-order valence-corrected chi connectivity index (χ4v) is 1.48. The summed E-state index contributed by atoms with van der Waals surface area (Å²) in [5.41, 5.74) is 12.1. The molecule has 6 nitrogen and oxygen atoms in total. The molecule has 0 saturated carbocycles. The lowest BCUT2D eigenvalue weighted by Crippen LogP contribution is -2.19. The van der Waals surface area contributed by atoms with Crippen molar-refractivity contribution in [2.75, 3.05) is 23.4 Å². The van der Waals surface area contributed by atoms with Gasteiger partial charge < -0.3 is 16.4 Å². The molecule has 0 saturated heterocycles. The Hall–Kier alpha value is -2.37. The van der Waals surface area contributed by atoms with Gasteiger partial charge in [0.15, 0.2) is 0 Å². The van der Waals surface area contributed by atoms with Gasteiger partial charge in [0.25, 0.3) is 0 Å². The standard InChI is InChI=1S/C11H14N6/c1-17(7-8-4-2-3-5-14-8)10-6-9(12)15-11(13)16-10/h2-6H,7H2,1H3,(H4,12,13,15,16). The van der Waals surface area contributed by atoms with E-state index in [9.17, 15) is 0 Å². The minimum absolute atomic E-state index is 0.174. The molecule has 4 N–H and O–H groups in total. The maximum atomic E-state index is 5.62. The Morgan fingerprint density at radius 3 is 2.71 bits per heavy atom. The second kappa shape index (κ2) is 4.65. The molecule has 2 heterocycles. The number of nitrogen functional groups attached to an aromatic ring is 2. The van der Waals surface area contributed by atoms with Gasteiger partial charge in [-0.15, -0.1) is 0 Å². The summed E-state index contributed by atoms with van der Waals surface area (Å²) in [6.45, 7) is 0.636. The average Bonchev–Trinajstić information content (AvgIpc) is 2.29. The van der Waals surface area contributed by atoms with Crippen molar-refractivity contribution in [1.29, 1.82) is 0 Å². The van der Waals surface area contributed by atoms with Crippen LogP contribution in [0.4, 0.5) is 17.6 Å². The summed E-state index contributed by atoms with van der Waals surface area (Å²) in [6.07, 6.45) is 1.76. The van der Waals surface area contributed by atoms with E-state index in [1.54, 1.807) is 12.3 Å². The highest BCUT2D eigenvalue weighted by atomic mass is 15.2. The Balaban J connectivity index is 2.17. The minimum Gasteiger partial charge on any atom is -0.383 e. The highest BCUT2D eigenvalue weighted by Crippen LogP contribution is 2.15. The number of hydrogen-bond acceptors (Lipinski definition) is 6. The largest absolute Gasteiger partial charge is 0.383 e. The molecular formula is C11H14N6. The lowest BCUT2D eigenvalue weighted by Gasteiger charge is -2.17. The summed E-state index contributed by atoms with van der Waals surface area (Å²) in [5, 5.41) is 0. The van der Waals surface area contributed by atoms with E-state index in [0.717, 1.165) is 5.69 Å². The van der Waals surface area contributed by atoms with Crippen LogP contribution in [0.5, 0.6) is 0 Å². The molecule has 2 rings (SSSR count). The smallest absolute Gasteiger partial charge is 0.223 e.